The molecule has 0 aliphatic carbocycles. The Morgan fingerprint density at radius 1 is 1.23 bits per heavy atom. The summed E-state index contributed by atoms with van der Waals surface area (Å²) in [4.78, 5) is 14.2. The number of amides is 1. The number of hydrogen-bond acceptors (Lipinski definition) is 4. The maximum Gasteiger partial charge on any atom is 0.410 e. The minimum atomic E-state index is -0.489. The molecule has 2 aromatic rings. The van der Waals surface area contributed by atoms with Gasteiger partial charge < -0.3 is 23.7 Å². The van der Waals surface area contributed by atoms with Crippen LogP contribution in [0.5, 0.6) is 11.5 Å². The number of carbonyl (C=O) groups excluding carboxylic acids is 1. The maximum atomic E-state index is 12.4. The zero-order chi connectivity index (χ0) is 18.9. The van der Waals surface area contributed by atoms with E-state index in [1.807, 2.05) is 56.8 Å². The van der Waals surface area contributed by atoms with E-state index >= 15 is 0 Å². The third-order valence-electron chi connectivity index (χ3n) is 4.61. The van der Waals surface area contributed by atoms with Gasteiger partial charge in [-0.3, -0.25) is 0 Å². The highest BCUT2D eigenvalue weighted by atomic mass is 16.6. The molecule has 2 heterocycles. The van der Waals surface area contributed by atoms with Crippen LogP contribution in [0.25, 0.3) is 10.9 Å². The van der Waals surface area contributed by atoms with Crippen molar-refractivity contribution in [2.75, 3.05) is 20.3 Å². The lowest BCUT2D eigenvalue weighted by Gasteiger charge is -2.28. The third kappa shape index (κ3) is 3.74. The van der Waals surface area contributed by atoms with Gasteiger partial charge in [0.15, 0.2) is 0 Å². The monoisotopic (exact) mass is 360 g/mol. The molecule has 1 aliphatic heterocycles. The van der Waals surface area contributed by atoms with Crippen molar-refractivity contribution in [2.45, 2.75) is 45.3 Å². The molecule has 1 saturated heterocycles. The number of aryl methyl sites for hydroxylation is 1. The molecule has 26 heavy (non-hydrogen) atoms. The first kappa shape index (κ1) is 18.4. The average molecular weight is 360 g/mol. The highest BCUT2D eigenvalue weighted by molar-refractivity contribution is 5.91. The van der Waals surface area contributed by atoms with Gasteiger partial charge in [0.2, 0.25) is 0 Å². The summed E-state index contributed by atoms with van der Waals surface area (Å²) in [5.41, 5.74) is 0.512. The average Bonchev–Trinajstić information content (AvgIpc) is 3.18. The Morgan fingerprint density at radius 3 is 2.65 bits per heavy atom. The predicted octanol–water partition coefficient (Wildman–Crippen LogP) is 3.97. The summed E-state index contributed by atoms with van der Waals surface area (Å²) >= 11 is 0. The van der Waals surface area contributed by atoms with Gasteiger partial charge >= 0.3 is 6.09 Å². The van der Waals surface area contributed by atoms with Crippen LogP contribution < -0.4 is 9.47 Å². The Bertz CT molecular complexity index is 791. The largest absolute Gasteiger partial charge is 0.495 e. The van der Waals surface area contributed by atoms with Gasteiger partial charge in [-0.25, -0.2) is 4.79 Å². The number of aromatic nitrogens is 1. The summed E-state index contributed by atoms with van der Waals surface area (Å²) in [6.45, 7) is 6.82. The molecule has 1 unspecified atom stereocenters. The summed E-state index contributed by atoms with van der Waals surface area (Å²) in [5, 5.41) is 1.01. The van der Waals surface area contributed by atoms with E-state index in [0.717, 1.165) is 35.2 Å². The van der Waals surface area contributed by atoms with Crippen LogP contribution >= 0.6 is 0 Å². The highest BCUT2D eigenvalue weighted by Gasteiger charge is 2.32. The minimum Gasteiger partial charge on any atom is -0.495 e. The number of hydrogen-bond donors (Lipinski definition) is 0. The van der Waals surface area contributed by atoms with Gasteiger partial charge in [0, 0.05) is 25.2 Å². The van der Waals surface area contributed by atoms with E-state index in [-0.39, 0.29) is 12.1 Å². The number of benzene rings is 1. The summed E-state index contributed by atoms with van der Waals surface area (Å²) < 4.78 is 19.1. The Kier molecular flexibility index (Phi) is 5.03. The molecule has 1 aliphatic rings. The summed E-state index contributed by atoms with van der Waals surface area (Å²) in [6.07, 6.45) is 3.62. The molecule has 6 heteroatoms. The van der Waals surface area contributed by atoms with Crippen molar-refractivity contribution in [3.63, 3.8) is 0 Å². The Hall–Kier alpha value is -2.37. The van der Waals surface area contributed by atoms with Crippen molar-refractivity contribution in [3.05, 3.63) is 24.4 Å². The molecule has 6 nitrogen and oxygen atoms in total. The topological polar surface area (TPSA) is 52.9 Å². The van der Waals surface area contributed by atoms with Crippen LogP contribution in [0.15, 0.2) is 24.4 Å². The SMILES string of the molecule is COc1ccc(OCC2CCCN2C(=O)OC(C)(C)C)c2ccn(C)c12. The van der Waals surface area contributed by atoms with Crippen LogP contribution in [-0.2, 0) is 11.8 Å². The Balaban J connectivity index is 1.73. The van der Waals surface area contributed by atoms with E-state index in [4.69, 9.17) is 14.2 Å². The first-order valence-electron chi connectivity index (χ1n) is 9.04. The van der Waals surface area contributed by atoms with Crippen LogP contribution in [0.2, 0.25) is 0 Å². The molecular weight excluding hydrogens is 332 g/mol. The van der Waals surface area contributed by atoms with Crippen molar-refractivity contribution in [3.8, 4) is 11.5 Å². The van der Waals surface area contributed by atoms with Gasteiger partial charge in [-0.2, -0.15) is 0 Å². The Labute approximate surface area is 154 Å². The summed E-state index contributed by atoms with van der Waals surface area (Å²) in [6, 6.07) is 5.89. The summed E-state index contributed by atoms with van der Waals surface area (Å²) in [7, 11) is 3.65. The maximum absolute atomic E-state index is 12.4. The van der Waals surface area contributed by atoms with E-state index < -0.39 is 5.60 Å². The predicted molar refractivity (Wildman–Crippen MR) is 101 cm³/mol. The lowest BCUT2D eigenvalue weighted by molar-refractivity contribution is 0.0188. The molecule has 3 rings (SSSR count). The van der Waals surface area contributed by atoms with Gasteiger partial charge in [-0.1, -0.05) is 0 Å². The molecule has 142 valence electrons. The molecule has 0 N–H and O–H groups in total. The standard InChI is InChI=1S/C20H28N2O4/c1-20(2,3)26-19(23)22-11-6-7-14(22)13-25-16-8-9-17(24-5)18-15(16)10-12-21(18)4/h8-10,12,14H,6-7,11,13H2,1-5H3. The van der Waals surface area contributed by atoms with Gasteiger partial charge in [0.1, 0.15) is 23.7 Å². The summed E-state index contributed by atoms with van der Waals surface area (Å²) in [5.74, 6) is 1.62. The Morgan fingerprint density at radius 2 is 1.96 bits per heavy atom. The number of nitrogens with zero attached hydrogens (tertiary/aromatic N) is 2. The van der Waals surface area contributed by atoms with Gasteiger partial charge in [0.25, 0.3) is 0 Å². The van der Waals surface area contributed by atoms with Crippen molar-refractivity contribution in [2.24, 2.45) is 7.05 Å². The van der Waals surface area contributed by atoms with Crippen molar-refractivity contribution >= 4 is 17.0 Å². The second kappa shape index (κ2) is 7.09. The quantitative estimate of drug-likeness (QED) is 0.828. The van der Waals surface area contributed by atoms with E-state index in [0.29, 0.717) is 13.2 Å². The molecular formula is C20H28N2O4. The highest BCUT2D eigenvalue weighted by Crippen LogP contribution is 2.34. The third-order valence-corrected chi connectivity index (χ3v) is 4.61. The molecule has 1 atom stereocenters. The number of fused-ring (bicyclic) bond motifs is 1. The van der Waals surface area contributed by atoms with Gasteiger partial charge in [-0.05, 0) is 51.8 Å². The molecule has 1 aromatic heterocycles. The fourth-order valence-corrected chi connectivity index (χ4v) is 3.40. The normalized spacial score (nSPS) is 17.6. The van der Waals surface area contributed by atoms with Gasteiger partial charge in [0.05, 0.1) is 18.7 Å². The van der Waals surface area contributed by atoms with Crippen molar-refractivity contribution < 1.29 is 19.0 Å². The van der Waals surface area contributed by atoms with E-state index in [1.165, 1.54) is 0 Å². The number of likely N-dealkylation sites (tertiary alicyclic amines) is 1. The second-order valence-corrected chi connectivity index (χ2v) is 7.74. The smallest absolute Gasteiger partial charge is 0.410 e. The first-order chi connectivity index (χ1) is 12.3. The van der Waals surface area contributed by atoms with Crippen LogP contribution in [-0.4, -0.2) is 47.5 Å². The minimum absolute atomic E-state index is 0.0331. The van der Waals surface area contributed by atoms with E-state index in [1.54, 1.807) is 12.0 Å². The first-order valence-corrected chi connectivity index (χ1v) is 9.04. The fraction of sp³-hybridized carbons (Fsp3) is 0.550. The lowest BCUT2D eigenvalue weighted by Crippen LogP contribution is -2.42. The van der Waals surface area contributed by atoms with Crippen LogP contribution in [0.3, 0.4) is 0 Å². The zero-order valence-corrected chi connectivity index (χ0v) is 16.2. The fourth-order valence-electron chi connectivity index (χ4n) is 3.40. The van der Waals surface area contributed by atoms with Crippen molar-refractivity contribution in [1.82, 2.24) is 9.47 Å². The van der Waals surface area contributed by atoms with E-state index in [2.05, 4.69) is 0 Å². The molecule has 0 bridgehead atoms. The number of methoxy groups -OCH3 is 1. The zero-order valence-electron chi connectivity index (χ0n) is 16.2. The molecule has 0 radical (unpaired) electrons. The van der Waals surface area contributed by atoms with E-state index in [9.17, 15) is 4.79 Å². The number of rotatable bonds is 4. The number of carbonyl (C=O) groups is 1. The second-order valence-electron chi connectivity index (χ2n) is 7.74. The van der Waals surface area contributed by atoms with Crippen LogP contribution in [0.4, 0.5) is 4.79 Å². The van der Waals surface area contributed by atoms with Crippen LogP contribution in [0.1, 0.15) is 33.6 Å². The van der Waals surface area contributed by atoms with Crippen molar-refractivity contribution in [1.29, 1.82) is 0 Å². The molecule has 1 amide bonds. The molecule has 0 spiro atoms. The molecule has 1 fully saturated rings. The number of ether oxygens (including phenoxy) is 3. The van der Waals surface area contributed by atoms with Gasteiger partial charge in [-0.15, -0.1) is 0 Å². The van der Waals surface area contributed by atoms with Crippen LogP contribution in [0, 0.1) is 0 Å². The molecule has 0 saturated carbocycles. The molecule has 1 aromatic carbocycles. The lowest BCUT2D eigenvalue weighted by atomic mass is 10.2.